The summed E-state index contributed by atoms with van der Waals surface area (Å²) in [6, 6.07) is 1.20. The summed E-state index contributed by atoms with van der Waals surface area (Å²) in [5.41, 5.74) is -3.11. The molecular weight excluding hydrogens is 395 g/mol. The summed E-state index contributed by atoms with van der Waals surface area (Å²) in [7, 11) is 0. The molecule has 0 atom stereocenters. The normalized spacial score (nSPS) is 12.4. The smallest absolute Gasteiger partial charge is 0.319 e. The summed E-state index contributed by atoms with van der Waals surface area (Å²) in [5.74, 6) is 0. The van der Waals surface area contributed by atoms with Crippen molar-refractivity contribution in [3.05, 3.63) is 34.9 Å². The molecule has 0 aliphatic heterocycles. The Morgan fingerprint density at radius 2 is 1.33 bits per heavy atom. The molecule has 0 unspecified atom stereocenters. The molecule has 1 nitrogen and oxygen atoms in total. The fraction of sp³-hybridized carbons (Fsp3) is 0.222. The van der Waals surface area contributed by atoms with E-state index in [0.717, 1.165) is 0 Å². The first kappa shape index (κ1) is 15.5. The molecule has 0 bridgehead atoms. The molecule has 1 aromatic carbocycles. The van der Waals surface area contributed by atoms with Crippen LogP contribution >= 0.6 is 35.1 Å². The van der Waals surface area contributed by atoms with E-state index >= 15 is 0 Å². The molecule has 0 spiro atoms. The van der Waals surface area contributed by atoms with Crippen LogP contribution in [0.5, 0.6) is 0 Å². The average molecular weight is 399 g/mol. The van der Waals surface area contributed by atoms with E-state index in [4.69, 9.17) is 0 Å². The van der Waals surface area contributed by atoms with Gasteiger partial charge in [-0.25, -0.2) is 0 Å². The highest BCUT2D eigenvalue weighted by Crippen LogP contribution is 2.36. The van der Waals surface area contributed by atoms with Gasteiger partial charge in [-0.3, -0.25) is 0 Å². The van der Waals surface area contributed by atoms with Crippen LogP contribution in [-0.4, -0.2) is 4.99 Å². The van der Waals surface area contributed by atoms with E-state index in [1.54, 1.807) is 0 Å². The van der Waals surface area contributed by atoms with Crippen LogP contribution in [0.4, 0.5) is 26.3 Å². The van der Waals surface area contributed by atoms with Gasteiger partial charge in [0, 0.05) is 5.56 Å². The van der Waals surface area contributed by atoms with Crippen molar-refractivity contribution in [2.45, 2.75) is 12.4 Å². The highest BCUT2D eigenvalue weighted by molar-refractivity contribution is 14.1. The second kappa shape index (κ2) is 5.19. The molecule has 0 saturated heterocycles. The number of hydrogen-bond donors (Lipinski definition) is 1. The summed E-state index contributed by atoms with van der Waals surface area (Å²) in [4.78, 5) is -0.202. The molecule has 0 heterocycles. The number of halogens is 7. The maximum absolute atomic E-state index is 12.5. The highest BCUT2D eigenvalue weighted by Gasteiger charge is 2.37. The Bertz CT molecular complexity index is 435. The SMILES string of the molecule is FC(F)(F)c1cc(C(=S)NI)cc(C(F)(F)F)c1. The molecule has 0 fully saturated rings. The number of hydrogen-bond acceptors (Lipinski definition) is 1. The van der Waals surface area contributed by atoms with Gasteiger partial charge in [-0.2, -0.15) is 26.3 Å². The van der Waals surface area contributed by atoms with E-state index in [9.17, 15) is 26.3 Å². The third-order valence-corrected chi connectivity index (χ3v) is 3.18. The van der Waals surface area contributed by atoms with E-state index < -0.39 is 23.5 Å². The molecule has 1 aromatic rings. The fourth-order valence-corrected chi connectivity index (χ4v) is 1.57. The quantitative estimate of drug-likeness (QED) is 0.327. The average Bonchev–Trinajstić information content (AvgIpc) is 2.25. The Balaban J connectivity index is 3.44. The number of rotatable bonds is 1. The van der Waals surface area contributed by atoms with Gasteiger partial charge in [0.25, 0.3) is 0 Å². The van der Waals surface area contributed by atoms with Gasteiger partial charge in [-0.1, -0.05) is 12.2 Å². The van der Waals surface area contributed by atoms with Crippen LogP contribution in [0, 0.1) is 0 Å². The van der Waals surface area contributed by atoms with Crippen molar-refractivity contribution in [3.63, 3.8) is 0 Å². The molecule has 0 amide bonds. The lowest BCUT2D eigenvalue weighted by Gasteiger charge is -2.14. The topological polar surface area (TPSA) is 12.0 Å². The summed E-state index contributed by atoms with van der Waals surface area (Å²) < 4.78 is 77.1. The van der Waals surface area contributed by atoms with E-state index in [1.165, 1.54) is 22.9 Å². The first-order valence-electron chi connectivity index (χ1n) is 4.26. The van der Waals surface area contributed by atoms with Crippen LogP contribution < -0.4 is 3.53 Å². The number of benzene rings is 1. The maximum Gasteiger partial charge on any atom is 0.416 e. The van der Waals surface area contributed by atoms with Gasteiger partial charge in [-0.05, 0) is 18.2 Å². The van der Waals surface area contributed by atoms with Crippen LogP contribution in [0.3, 0.4) is 0 Å². The molecule has 0 aromatic heterocycles. The molecule has 1 N–H and O–H groups in total. The second-order valence-corrected chi connectivity index (χ2v) is 4.17. The fourth-order valence-electron chi connectivity index (χ4n) is 1.14. The zero-order valence-electron chi connectivity index (χ0n) is 8.29. The van der Waals surface area contributed by atoms with Gasteiger partial charge in [-0.15, -0.1) is 0 Å². The molecule has 18 heavy (non-hydrogen) atoms. The third kappa shape index (κ3) is 3.70. The van der Waals surface area contributed by atoms with Crippen molar-refractivity contribution in [1.82, 2.24) is 3.53 Å². The van der Waals surface area contributed by atoms with Crippen molar-refractivity contribution >= 4 is 40.1 Å². The van der Waals surface area contributed by atoms with Crippen LogP contribution in [0.1, 0.15) is 16.7 Å². The zero-order valence-corrected chi connectivity index (χ0v) is 11.3. The number of alkyl halides is 6. The predicted molar refractivity (Wildman–Crippen MR) is 65.3 cm³/mol. The standard InChI is InChI=1S/C9H4F6INS/c10-8(11,12)5-1-4(7(18)17-16)2-6(3-5)9(13,14)15/h1-3H,(H,17,18). The lowest BCUT2D eigenvalue weighted by molar-refractivity contribution is -0.143. The highest BCUT2D eigenvalue weighted by atomic mass is 127. The van der Waals surface area contributed by atoms with Crippen LogP contribution in [0.2, 0.25) is 0 Å². The lowest BCUT2D eigenvalue weighted by Crippen LogP contribution is -2.16. The molecule has 0 aliphatic carbocycles. The molecule has 9 heteroatoms. The minimum Gasteiger partial charge on any atom is -0.319 e. The van der Waals surface area contributed by atoms with Gasteiger partial charge in [0.2, 0.25) is 0 Å². The van der Waals surface area contributed by atoms with Crippen LogP contribution in [0.15, 0.2) is 18.2 Å². The van der Waals surface area contributed by atoms with Gasteiger partial charge in [0.15, 0.2) is 0 Å². The Hall–Kier alpha value is -0.580. The van der Waals surface area contributed by atoms with Crippen molar-refractivity contribution in [2.24, 2.45) is 0 Å². The molecular formula is C9H4F6INS. The van der Waals surface area contributed by atoms with Crippen molar-refractivity contribution in [1.29, 1.82) is 0 Å². The zero-order chi connectivity index (χ0) is 14.1. The Labute approximate surface area is 117 Å². The Morgan fingerprint density at radius 1 is 0.944 bits per heavy atom. The number of nitrogens with one attached hydrogen (secondary N) is 1. The van der Waals surface area contributed by atoms with Gasteiger partial charge >= 0.3 is 12.4 Å². The van der Waals surface area contributed by atoms with Gasteiger partial charge in [0.05, 0.1) is 34.0 Å². The first-order chi connectivity index (χ1) is 8.05. The Kier molecular flexibility index (Phi) is 4.47. The third-order valence-electron chi connectivity index (χ3n) is 1.94. The Morgan fingerprint density at radius 3 is 1.61 bits per heavy atom. The summed E-state index contributed by atoms with van der Waals surface area (Å²) in [6.07, 6.45) is -9.73. The van der Waals surface area contributed by atoms with Crippen LogP contribution in [-0.2, 0) is 12.4 Å². The molecule has 0 aliphatic rings. The molecule has 100 valence electrons. The summed E-state index contributed by atoms with van der Waals surface area (Å²) >= 11 is 6.16. The van der Waals surface area contributed by atoms with E-state index in [2.05, 4.69) is 15.7 Å². The minimum absolute atomic E-state index is 0.0549. The monoisotopic (exact) mass is 399 g/mol. The predicted octanol–water partition coefficient (Wildman–Crippen LogP) is 4.34. The van der Waals surface area contributed by atoms with Crippen molar-refractivity contribution in [2.75, 3.05) is 0 Å². The van der Waals surface area contributed by atoms with E-state index in [0.29, 0.717) is 12.1 Å². The largest absolute Gasteiger partial charge is 0.416 e. The van der Waals surface area contributed by atoms with Crippen molar-refractivity contribution in [3.8, 4) is 0 Å². The van der Waals surface area contributed by atoms with Crippen LogP contribution in [0.25, 0.3) is 0 Å². The summed E-state index contributed by atoms with van der Waals surface area (Å²) in [6.45, 7) is 0. The van der Waals surface area contributed by atoms with Gasteiger partial charge < -0.3 is 3.53 Å². The molecule has 0 radical (unpaired) electrons. The number of thiocarbonyl (C=S) groups is 1. The first-order valence-corrected chi connectivity index (χ1v) is 5.75. The van der Waals surface area contributed by atoms with E-state index in [1.807, 2.05) is 0 Å². The van der Waals surface area contributed by atoms with E-state index in [-0.39, 0.29) is 16.6 Å². The molecule has 1 rings (SSSR count). The second-order valence-electron chi connectivity index (χ2n) is 3.22. The lowest BCUT2D eigenvalue weighted by atomic mass is 10.0. The maximum atomic E-state index is 12.5. The van der Waals surface area contributed by atoms with Gasteiger partial charge in [0.1, 0.15) is 4.99 Å². The minimum atomic E-state index is -4.86. The van der Waals surface area contributed by atoms with Crippen molar-refractivity contribution < 1.29 is 26.3 Å². The summed E-state index contributed by atoms with van der Waals surface area (Å²) in [5, 5.41) is 0. The molecule has 0 saturated carbocycles.